The molecule has 0 spiro atoms. The topological polar surface area (TPSA) is 127 Å². The Morgan fingerprint density at radius 2 is 0.923 bits per heavy atom. The monoisotopic (exact) mass is 370 g/mol. The van der Waals surface area contributed by atoms with E-state index < -0.39 is 23.9 Å². The molecule has 0 aliphatic heterocycles. The highest BCUT2D eigenvalue weighted by molar-refractivity contribution is 5.72. The first-order chi connectivity index (χ1) is 12.4. The average molecular weight is 370 g/mol. The number of ether oxygens (including phenoxy) is 2. The van der Waals surface area contributed by atoms with Crippen LogP contribution < -0.4 is 0 Å². The van der Waals surface area contributed by atoms with Crippen molar-refractivity contribution in [3.63, 3.8) is 0 Å². The standard InChI is InChI=1S/C18H26O8/c19-15(20)9-3-5-11-17(23)25-13-7-1-2-8-14-26-18(24)12-6-4-10-16(21)22/h3-6H,1-2,7-14H2,(H,19,20)(H,21,22)/b5-3+,6-4+. The average Bonchev–Trinajstić information content (AvgIpc) is 2.57. The third-order valence-corrected chi connectivity index (χ3v) is 3.05. The first-order valence-electron chi connectivity index (χ1n) is 8.46. The van der Waals surface area contributed by atoms with Crippen LogP contribution in [0.3, 0.4) is 0 Å². The summed E-state index contributed by atoms with van der Waals surface area (Å²) in [5.41, 5.74) is 0. The number of rotatable bonds is 15. The molecule has 0 radical (unpaired) electrons. The molecule has 0 aliphatic carbocycles. The molecule has 0 unspecified atom stereocenters. The number of carbonyl (C=O) groups excluding carboxylic acids is 2. The van der Waals surface area contributed by atoms with Gasteiger partial charge in [-0.15, -0.1) is 0 Å². The van der Waals surface area contributed by atoms with E-state index in [1.165, 1.54) is 24.3 Å². The van der Waals surface area contributed by atoms with Crippen molar-refractivity contribution in [1.82, 2.24) is 0 Å². The van der Waals surface area contributed by atoms with E-state index in [4.69, 9.17) is 19.7 Å². The van der Waals surface area contributed by atoms with Crippen LogP contribution in [0.4, 0.5) is 0 Å². The molecule has 8 nitrogen and oxygen atoms in total. The van der Waals surface area contributed by atoms with Crippen molar-refractivity contribution in [2.75, 3.05) is 13.2 Å². The summed E-state index contributed by atoms with van der Waals surface area (Å²) in [4.78, 5) is 43.2. The van der Waals surface area contributed by atoms with Gasteiger partial charge in [0.05, 0.1) is 38.9 Å². The number of hydrogen-bond acceptors (Lipinski definition) is 6. The van der Waals surface area contributed by atoms with Crippen LogP contribution in [0.25, 0.3) is 0 Å². The Morgan fingerprint density at radius 3 is 1.27 bits per heavy atom. The molecule has 0 atom stereocenters. The van der Waals surface area contributed by atoms with Crippen molar-refractivity contribution in [2.45, 2.75) is 51.4 Å². The van der Waals surface area contributed by atoms with Crippen LogP contribution in [0.1, 0.15) is 51.4 Å². The number of carboxylic acids is 2. The SMILES string of the molecule is O=C(O)C/C=C/CC(=O)OCCCCCCOC(=O)C/C=C/CC(=O)O. The zero-order valence-electron chi connectivity index (χ0n) is 14.7. The van der Waals surface area contributed by atoms with E-state index in [0.717, 1.165) is 12.8 Å². The van der Waals surface area contributed by atoms with Gasteiger partial charge in [-0.1, -0.05) is 24.3 Å². The van der Waals surface area contributed by atoms with E-state index in [1.807, 2.05) is 0 Å². The fourth-order valence-electron chi connectivity index (χ4n) is 1.77. The number of aliphatic carboxylic acids is 2. The van der Waals surface area contributed by atoms with Crippen molar-refractivity contribution < 1.29 is 38.9 Å². The predicted molar refractivity (Wildman–Crippen MR) is 92.4 cm³/mol. The largest absolute Gasteiger partial charge is 0.481 e. The highest BCUT2D eigenvalue weighted by Crippen LogP contribution is 2.02. The summed E-state index contributed by atoms with van der Waals surface area (Å²) >= 11 is 0. The highest BCUT2D eigenvalue weighted by atomic mass is 16.5. The second-order valence-corrected chi connectivity index (χ2v) is 5.40. The molecule has 0 aliphatic rings. The molecule has 146 valence electrons. The third-order valence-electron chi connectivity index (χ3n) is 3.05. The number of unbranched alkanes of at least 4 members (excludes halogenated alkanes) is 3. The minimum atomic E-state index is -0.949. The Balaban J connectivity index is 3.45. The van der Waals surface area contributed by atoms with Crippen LogP contribution in [0.2, 0.25) is 0 Å². The van der Waals surface area contributed by atoms with Gasteiger partial charge in [-0.3, -0.25) is 19.2 Å². The van der Waals surface area contributed by atoms with Gasteiger partial charge in [-0.05, 0) is 25.7 Å². The van der Waals surface area contributed by atoms with E-state index in [2.05, 4.69) is 0 Å². The lowest BCUT2D eigenvalue weighted by Gasteiger charge is -2.04. The zero-order chi connectivity index (χ0) is 19.6. The van der Waals surface area contributed by atoms with Gasteiger partial charge in [0.15, 0.2) is 0 Å². The van der Waals surface area contributed by atoms with Gasteiger partial charge in [-0.25, -0.2) is 0 Å². The molecule has 0 rings (SSSR count). The minimum Gasteiger partial charge on any atom is -0.481 e. The van der Waals surface area contributed by atoms with Crippen LogP contribution in [-0.2, 0) is 28.7 Å². The molecule has 0 amide bonds. The maximum atomic E-state index is 11.3. The molecular weight excluding hydrogens is 344 g/mol. The molecule has 2 N–H and O–H groups in total. The summed E-state index contributed by atoms with van der Waals surface area (Å²) in [5.74, 6) is -2.68. The second-order valence-electron chi connectivity index (χ2n) is 5.40. The van der Waals surface area contributed by atoms with Crippen LogP contribution in [0.15, 0.2) is 24.3 Å². The summed E-state index contributed by atoms with van der Waals surface area (Å²) in [6, 6.07) is 0. The highest BCUT2D eigenvalue weighted by Gasteiger charge is 2.01. The Morgan fingerprint density at radius 1 is 0.577 bits per heavy atom. The molecule has 26 heavy (non-hydrogen) atoms. The first kappa shape index (κ1) is 23.4. The molecule has 0 saturated heterocycles. The van der Waals surface area contributed by atoms with Crippen LogP contribution in [-0.4, -0.2) is 47.3 Å². The molecule has 0 heterocycles. The maximum absolute atomic E-state index is 11.3. The lowest BCUT2D eigenvalue weighted by Crippen LogP contribution is -2.06. The van der Waals surface area contributed by atoms with Gasteiger partial charge in [0, 0.05) is 0 Å². The van der Waals surface area contributed by atoms with E-state index in [9.17, 15) is 19.2 Å². The fraction of sp³-hybridized carbons (Fsp3) is 0.556. The minimum absolute atomic E-state index is 0.0597. The van der Waals surface area contributed by atoms with Crippen molar-refractivity contribution in [3.05, 3.63) is 24.3 Å². The van der Waals surface area contributed by atoms with Gasteiger partial charge in [-0.2, -0.15) is 0 Å². The number of carboxylic acid groups (broad SMARTS) is 2. The summed E-state index contributed by atoms with van der Waals surface area (Å²) in [6.45, 7) is 0.611. The molecule has 8 heteroatoms. The molecular formula is C18H26O8. The third kappa shape index (κ3) is 17.7. The molecule has 0 aromatic rings. The normalized spacial score (nSPS) is 10.9. The zero-order valence-corrected chi connectivity index (χ0v) is 14.7. The number of hydrogen-bond donors (Lipinski definition) is 2. The lowest BCUT2D eigenvalue weighted by molar-refractivity contribution is -0.144. The summed E-state index contributed by atoms with van der Waals surface area (Å²) in [5, 5.41) is 16.8. The summed E-state index contributed by atoms with van der Waals surface area (Å²) < 4.78 is 9.99. The van der Waals surface area contributed by atoms with E-state index in [1.54, 1.807) is 0 Å². The van der Waals surface area contributed by atoms with Crippen LogP contribution in [0, 0.1) is 0 Å². The van der Waals surface area contributed by atoms with Crippen molar-refractivity contribution in [2.24, 2.45) is 0 Å². The number of esters is 2. The lowest BCUT2D eigenvalue weighted by atomic mass is 10.2. The quantitative estimate of drug-likeness (QED) is 0.256. The Hall–Kier alpha value is -2.64. The van der Waals surface area contributed by atoms with Gasteiger partial charge in [0.1, 0.15) is 0 Å². The van der Waals surface area contributed by atoms with E-state index >= 15 is 0 Å². The van der Waals surface area contributed by atoms with Crippen LogP contribution in [0.5, 0.6) is 0 Å². The van der Waals surface area contributed by atoms with Crippen molar-refractivity contribution in [1.29, 1.82) is 0 Å². The first-order valence-corrected chi connectivity index (χ1v) is 8.46. The summed E-state index contributed by atoms with van der Waals surface area (Å²) in [7, 11) is 0. The van der Waals surface area contributed by atoms with Crippen LogP contribution >= 0.6 is 0 Å². The summed E-state index contributed by atoms with van der Waals surface area (Å²) in [6.07, 6.45) is 8.73. The van der Waals surface area contributed by atoms with Crippen molar-refractivity contribution >= 4 is 23.9 Å². The maximum Gasteiger partial charge on any atom is 0.309 e. The Labute approximate surface area is 152 Å². The van der Waals surface area contributed by atoms with Gasteiger partial charge in [0.2, 0.25) is 0 Å². The van der Waals surface area contributed by atoms with E-state index in [0.29, 0.717) is 26.1 Å². The van der Waals surface area contributed by atoms with Gasteiger partial charge >= 0.3 is 23.9 Å². The molecule has 0 saturated carbocycles. The smallest absolute Gasteiger partial charge is 0.309 e. The van der Waals surface area contributed by atoms with Gasteiger partial charge < -0.3 is 19.7 Å². The van der Waals surface area contributed by atoms with E-state index in [-0.39, 0.29) is 25.7 Å². The molecule has 0 bridgehead atoms. The molecule has 0 aromatic carbocycles. The molecule has 0 aromatic heterocycles. The van der Waals surface area contributed by atoms with Crippen molar-refractivity contribution in [3.8, 4) is 0 Å². The Kier molecular flexibility index (Phi) is 14.3. The predicted octanol–water partition coefficient (Wildman–Crippen LogP) is 2.48. The van der Waals surface area contributed by atoms with Gasteiger partial charge in [0.25, 0.3) is 0 Å². The fourth-order valence-corrected chi connectivity index (χ4v) is 1.77. The Bertz CT molecular complexity index is 461. The second kappa shape index (κ2) is 15.9. The molecule has 0 fully saturated rings. The number of carbonyl (C=O) groups is 4.